The molecule has 0 saturated carbocycles. The minimum Gasteiger partial charge on any atom is -0.508 e. The maximum absolute atomic E-state index is 14.2. The molecule has 1 saturated heterocycles. The van der Waals surface area contributed by atoms with Crippen molar-refractivity contribution in [1.82, 2.24) is 10.2 Å². The Bertz CT molecular complexity index is 954. The molecule has 0 unspecified atom stereocenters. The van der Waals surface area contributed by atoms with E-state index in [1.807, 2.05) is 0 Å². The van der Waals surface area contributed by atoms with E-state index in [9.17, 15) is 23.5 Å². The van der Waals surface area contributed by atoms with Gasteiger partial charge in [0.1, 0.15) is 17.4 Å². The standard InChI is InChI=1S/C21H21F2N3O3/c22-14-9-16-18(28)11-21(25-19(16)17(23)10-14)5-7-26(8-6-21)20(29)24-12-13-1-3-15(27)4-2-13/h1-4,9-10,25,27H,5-8,11-12H2,(H,24,29). The van der Waals surface area contributed by atoms with Crippen molar-refractivity contribution >= 4 is 17.5 Å². The van der Waals surface area contributed by atoms with E-state index in [0.29, 0.717) is 32.5 Å². The second-order valence-corrected chi connectivity index (χ2v) is 7.63. The molecule has 29 heavy (non-hydrogen) atoms. The number of anilines is 1. The van der Waals surface area contributed by atoms with Gasteiger partial charge in [-0.1, -0.05) is 12.1 Å². The Labute approximate surface area is 166 Å². The second kappa shape index (κ2) is 7.35. The van der Waals surface area contributed by atoms with E-state index in [1.165, 1.54) is 0 Å². The summed E-state index contributed by atoms with van der Waals surface area (Å²) in [6.07, 6.45) is 1.12. The summed E-state index contributed by atoms with van der Waals surface area (Å²) < 4.78 is 27.6. The fraction of sp³-hybridized carbons (Fsp3) is 0.333. The van der Waals surface area contributed by atoms with Crippen LogP contribution in [0.15, 0.2) is 36.4 Å². The van der Waals surface area contributed by atoms with Gasteiger partial charge < -0.3 is 20.6 Å². The normalized spacial score (nSPS) is 17.6. The number of rotatable bonds is 2. The molecule has 152 valence electrons. The van der Waals surface area contributed by atoms with E-state index >= 15 is 0 Å². The average molecular weight is 401 g/mol. The van der Waals surface area contributed by atoms with Crippen LogP contribution in [0.2, 0.25) is 0 Å². The van der Waals surface area contributed by atoms with Crippen molar-refractivity contribution in [2.24, 2.45) is 0 Å². The van der Waals surface area contributed by atoms with Crippen LogP contribution in [0.1, 0.15) is 35.2 Å². The summed E-state index contributed by atoms with van der Waals surface area (Å²) in [6, 6.07) is 8.18. The van der Waals surface area contributed by atoms with Crippen LogP contribution < -0.4 is 10.6 Å². The van der Waals surface area contributed by atoms with E-state index < -0.39 is 17.2 Å². The molecule has 6 nitrogen and oxygen atoms in total. The first-order valence-electron chi connectivity index (χ1n) is 9.46. The number of ketones is 1. The van der Waals surface area contributed by atoms with Crippen LogP contribution in [0.4, 0.5) is 19.3 Å². The highest BCUT2D eigenvalue weighted by Gasteiger charge is 2.42. The number of hydrogen-bond donors (Lipinski definition) is 3. The zero-order valence-electron chi connectivity index (χ0n) is 15.7. The molecule has 0 aromatic heterocycles. The molecule has 1 fully saturated rings. The Kier molecular flexibility index (Phi) is 4.86. The minimum atomic E-state index is -0.776. The Morgan fingerprint density at radius 3 is 2.55 bits per heavy atom. The highest BCUT2D eigenvalue weighted by atomic mass is 19.1. The molecule has 8 heteroatoms. The predicted octanol–water partition coefficient (Wildman–Crippen LogP) is 3.41. The number of aromatic hydroxyl groups is 1. The van der Waals surface area contributed by atoms with E-state index in [1.54, 1.807) is 29.2 Å². The van der Waals surface area contributed by atoms with Crippen molar-refractivity contribution in [3.63, 3.8) is 0 Å². The molecule has 1 spiro atoms. The van der Waals surface area contributed by atoms with Gasteiger partial charge in [-0.3, -0.25) is 4.79 Å². The third-order valence-electron chi connectivity index (χ3n) is 5.63. The number of likely N-dealkylation sites (tertiary alicyclic amines) is 1. The molecule has 2 aromatic carbocycles. The first kappa shape index (κ1) is 19.2. The van der Waals surface area contributed by atoms with Crippen LogP contribution in [0.25, 0.3) is 0 Å². The summed E-state index contributed by atoms with van der Waals surface area (Å²) in [4.78, 5) is 26.6. The third kappa shape index (κ3) is 3.87. The Balaban J connectivity index is 1.38. The van der Waals surface area contributed by atoms with Crippen molar-refractivity contribution in [2.45, 2.75) is 31.3 Å². The Morgan fingerprint density at radius 1 is 1.17 bits per heavy atom. The van der Waals surface area contributed by atoms with Gasteiger partial charge in [-0.25, -0.2) is 13.6 Å². The fourth-order valence-electron chi connectivity index (χ4n) is 3.98. The van der Waals surface area contributed by atoms with Crippen LogP contribution in [-0.4, -0.2) is 40.4 Å². The average Bonchev–Trinajstić information content (AvgIpc) is 2.69. The summed E-state index contributed by atoms with van der Waals surface area (Å²) in [7, 11) is 0. The van der Waals surface area contributed by atoms with Gasteiger partial charge in [0, 0.05) is 43.2 Å². The number of phenolic OH excluding ortho intramolecular Hbond substituents is 1. The van der Waals surface area contributed by atoms with Crippen LogP contribution in [0, 0.1) is 11.6 Å². The van der Waals surface area contributed by atoms with Crippen molar-refractivity contribution in [1.29, 1.82) is 0 Å². The zero-order chi connectivity index (χ0) is 20.6. The van der Waals surface area contributed by atoms with Gasteiger partial charge in [-0.15, -0.1) is 0 Å². The van der Waals surface area contributed by atoms with E-state index in [-0.39, 0.29) is 35.2 Å². The molecule has 4 rings (SSSR count). The Hall–Kier alpha value is -3.16. The first-order chi connectivity index (χ1) is 13.8. The summed E-state index contributed by atoms with van der Waals surface area (Å²) >= 11 is 0. The van der Waals surface area contributed by atoms with Gasteiger partial charge >= 0.3 is 6.03 Å². The number of carbonyl (C=O) groups excluding carboxylic acids is 2. The lowest BCUT2D eigenvalue weighted by atomic mass is 9.78. The fourth-order valence-corrected chi connectivity index (χ4v) is 3.98. The van der Waals surface area contributed by atoms with Crippen molar-refractivity contribution in [3.8, 4) is 5.75 Å². The molecule has 3 N–H and O–H groups in total. The summed E-state index contributed by atoms with van der Waals surface area (Å²) in [5.74, 6) is -1.67. The molecule has 2 aliphatic rings. The lowest BCUT2D eigenvalue weighted by Gasteiger charge is -2.45. The maximum Gasteiger partial charge on any atom is 0.317 e. The van der Waals surface area contributed by atoms with Gasteiger partial charge in [0.05, 0.1) is 5.69 Å². The summed E-state index contributed by atoms with van der Waals surface area (Å²) in [6.45, 7) is 1.17. The number of Topliss-reactive ketones (excluding diaryl/α,β-unsaturated/α-hetero) is 1. The maximum atomic E-state index is 14.2. The van der Waals surface area contributed by atoms with Crippen LogP contribution in [0.5, 0.6) is 5.75 Å². The number of urea groups is 1. The Morgan fingerprint density at radius 2 is 1.86 bits per heavy atom. The zero-order valence-corrected chi connectivity index (χ0v) is 15.7. The molecule has 0 atom stereocenters. The number of piperidine rings is 1. The molecule has 2 aliphatic heterocycles. The van der Waals surface area contributed by atoms with Crippen LogP contribution in [0.3, 0.4) is 0 Å². The van der Waals surface area contributed by atoms with Crippen LogP contribution >= 0.6 is 0 Å². The number of nitrogens with zero attached hydrogens (tertiary/aromatic N) is 1. The molecule has 0 bridgehead atoms. The molecule has 0 aliphatic carbocycles. The molecule has 2 amide bonds. The molecular formula is C21H21F2N3O3. The minimum absolute atomic E-state index is 0.0437. The lowest BCUT2D eigenvalue weighted by molar-refractivity contribution is 0.0914. The highest BCUT2D eigenvalue weighted by Crippen LogP contribution is 2.39. The van der Waals surface area contributed by atoms with Gasteiger partial charge in [-0.05, 0) is 36.6 Å². The van der Waals surface area contributed by atoms with Gasteiger partial charge in [-0.2, -0.15) is 0 Å². The van der Waals surface area contributed by atoms with Gasteiger partial charge in [0.15, 0.2) is 5.78 Å². The number of nitrogens with one attached hydrogen (secondary N) is 2. The van der Waals surface area contributed by atoms with Crippen LogP contribution in [-0.2, 0) is 6.54 Å². The predicted molar refractivity (Wildman–Crippen MR) is 103 cm³/mol. The number of phenols is 1. The SMILES string of the molecule is O=C1CC2(CCN(C(=O)NCc3ccc(O)cc3)CC2)Nc2c(F)cc(F)cc21. The number of amides is 2. The summed E-state index contributed by atoms with van der Waals surface area (Å²) in [5.41, 5.74) is 0.329. The van der Waals surface area contributed by atoms with E-state index in [4.69, 9.17) is 0 Å². The smallest absolute Gasteiger partial charge is 0.317 e. The third-order valence-corrected chi connectivity index (χ3v) is 5.63. The van der Waals surface area contributed by atoms with E-state index in [2.05, 4.69) is 10.6 Å². The molecule has 0 radical (unpaired) electrons. The van der Waals surface area contributed by atoms with Crippen molar-refractivity contribution < 1.29 is 23.5 Å². The van der Waals surface area contributed by atoms with E-state index in [0.717, 1.165) is 17.7 Å². The number of hydrogen-bond acceptors (Lipinski definition) is 4. The molecule has 2 heterocycles. The lowest BCUT2D eigenvalue weighted by Crippen LogP contribution is -2.55. The largest absolute Gasteiger partial charge is 0.508 e. The van der Waals surface area contributed by atoms with Gasteiger partial charge in [0.25, 0.3) is 0 Å². The molecule has 2 aromatic rings. The topological polar surface area (TPSA) is 81.7 Å². The van der Waals surface area contributed by atoms with Crippen molar-refractivity contribution in [2.75, 3.05) is 18.4 Å². The highest BCUT2D eigenvalue weighted by molar-refractivity contribution is 6.04. The number of carbonyl (C=O) groups is 2. The molecular weight excluding hydrogens is 380 g/mol. The number of halogens is 2. The quantitative estimate of drug-likeness (QED) is 0.720. The van der Waals surface area contributed by atoms with Crippen molar-refractivity contribution in [3.05, 3.63) is 59.2 Å². The number of benzene rings is 2. The summed E-state index contributed by atoms with van der Waals surface area (Å²) in [5, 5.41) is 15.3. The van der Waals surface area contributed by atoms with Gasteiger partial charge in [0.2, 0.25) is 0 Å². The number of fused-ring (bicyclic) bond motifs is 1. The second-order valence-electron chi connectivity index (χ2n) is 7.63. The monoisotopic (exact) mass is 401 g/mol. The first-order valence-corrected chi connectivity index (χ1v) is 9.46.